The molecular formula is C18H25F3N2O3S. The zero-order chi connectivity index (χ0) is 20.2. The van der Waals surface area contributed by atoms with Crippen LogP contribution in [0, 0.1) is 5.92 Å². The van der Waals surface area contributed by atoms with E-state index >= 15 is 0 Å². The molecule has 1 aromatic carbocycles. The van der Waals surface area contributed by atoms with E-state index in [0.717, 1.165) is 18.6 Å². The van der Waals surface area contributed by atoms with Crippen molar-refractivity contribution in [2.75, 3.05) is 26.2 Å². The zero-order valence-corrected chi connectivity index (χ0v) is 16.3. The average molecular weight is 406 g/mol. The summed E-state index contributed by atoms with van der Waals surface area (Å²) in [7, 11) is -3.75. The van der Waals surface area contributed by atoms with Gasteiger partial charge in [0.05, 0.1) is 11.3 Å². The van der Waals surface area contributed by atoms with Gasteiger partial charge in [0.2, 0.25) is 15.9 Å². The van der Waals surface area contributed by atoms with Crippen molar-refractivity contribution in [1.29, 1.82) is 0 Å². The first kappa shape index (κ1) is 21.7. The molecule has 1 amide bonds. The fourth-order valence-corrected chi connectivity index (χ4v) is 4.43. The predicted octanol–water partition coefficient (Wildman–Crippen LogP) is 3.12. The van der Waals surface area contributed by atoms with Crippen LogP contribution in [0.15, 0.2) is 24.3 Å². The Morgan fingerprint density at radius 3 is 2.33 bits per heavy atom. The highest BCUT2D eigenvalue weighted by Crippen LogP contribution is 2.30. The van der Waals surface area contributed by atoms with Crippen LogP contribution in [0.4, 0.5) is 13.2 Å². The predicted molar refractivity (Wildman–Crippen MR) is 96.3 cm³/mol. The molecule has 0 bridgehead atoms. The number of piperazine rings is 1. The van der Waals surface area contributed by atoms with E-state index in [1.54, 1.807) is 4.90 Å². The molecule has 0 atom stereocenters. The van der Waals surface area contributed by atoms with Gasteiger partial charge in [0.1, 0.15) is 0 Å². The molecule has 0 unspecified atom stereocenters. The maximum absolute atomic E-state index is 12.8. The zero-order valence-electron chi connectivity index (χ0n) is 15.5. The number of benzene rings is 1. The van der Waals surface area contributed by atoms with Crippen molar-refractivity contribution in [3.8, 4) is 0 Å². The Hall–Kier alpha value is -1.61. The van der Waals surface area contributed by atoms with Gasteiger partial charge in [-0.3, -0.25) is 4.79 Å². The lowest BCUT2D eigenvalue weighted by Gasteiger charge is -2.34. The van der Waals surface area contributed by atoms with Crippen LogP contribution in [0.1, 0.15) is 37.8 Å². The monoisotopic (exact) mass is 406 g/mol. The van der Waals surface area contributed by atoms with Crippen molar-refractivity contribution < 1.29 is 26.4 Å². The molecule has 27 heavy (non-hydrogen) atoms. The molecule has 2 rings (SSSR count). The van der Waals surface area contributed by atoms with Crippen molar-refractivity contribution in [3.05, 3.63) is 35.4 Å². The van der Waals surface area contributed by atoms with Gasteiger partial charge in [0, 0.05) is 32.6 Å². The van der Waals surface area contributed by atoms with Crippen molar-refractivity contribution in [3.63, 3.8) is 0 Å². The number of hydrogen-bond donors (Lipinski definition) is 0. The van der Waals surface area contributed by atoms with E-state index in [9.17, 15) is 26.4 Å². The topological polar surface area (TPSA) is 57.7 Å². The van der Waals surface area contributed by atoms with Gasteiger partial charge in [-0.2, -0.15) is 17.5 Å². The number of alkyl halides is 3. The largest absolute Gasteiger partial charge is 0.416 e. The maximum atomic E-state index is 12.8. The Balaban J connectivity index is 1.96. The van der Waals surface area contributed by atoms with Crippen LogP contribution in [-0.4, -0.2) is 49.7 Å². The van der Waals surface area contributed by atoms with Gasteiger partial charge in [-0.15, -0.1) is 0 Å². The molecule has 0 N–H and O–H groups in total. The Bertz CT molecular complexity index is 755. The molecule has 1 aliphatic rings. The van der Waals surface area contributed by atoms with Crippen LogP contribution in [0.25, 0.3) is 0 Å². The Labute approximate surface area is 158 Å². The maximum Gasteiger partial charge on any atom is 0.416 e. The number of hydrogen-bond acceptors (Lipinski definition) is 3. The van der Waals surface area contributed by atoms with Crippen molar-refractivity contribution >= 4 is 15.9 Å². The van der Waals surface area contributed by atoms with Crippen molar-refractivity contribution in [2.24, 2.45) is 5.92 Å². The fourth-order valence-electron chi connectivity index (χ4n) is 2.93. The first-order valence-corrected chi connectivity index (χ1v) is 10.5. The number of amides is 1. The summed E-state index contributed by atoms with van der Waals surface area (Å²) < 4.78 is 64.7. The minimum atomic E-state index is -4.51. The minimum Gasteiger partial charge on any atom is -0.340 e. The van der Waals surface area contributed by atoms with E-state index in [2.05, 4.69) is 0 Å². The summed E-state index contributed by atoms with van der Waals surface area (Å²) in [4.78, 5) is 13.8. The number of carbonyl (C=O) groups excluding carboxylic acids is 1. The van der Waals surface area contributed by atoms with Gasteiger partial charge < -0.3 is 4.90 Å². The van der Waals surface area contributed by atoms with Gasteiger partial charge in [-0.1, -0.05) is 32.0 Å². The van der Waals surface area contributed by atoms with Gasteiger partial charge in [0.25, 0.3) is 0 Å². The van der Waals surface area contributed by atoms with Crippen LogP contribution >= 0.6 is 0 Å². The molecule has 1 fully saturated rings. The lowest BCUT2D eigenvalue weighted by molar-refractivity contribution is -0.137. The molecule has 0 aliphatic carbocycles. The summed E-state index contributed by atoms with van der Waals surface area (Å²) in [6, 6.07) is 4.36. The van der Waals surface area contributed by atoms with Gasteiger partial charge in [-0.25, -0.2) is 8.42 Å². The van der Waals surface area contributed by atoms with Gasteiger partial charge >= 0.3 is 6.18 Å². The molecule has 0 saturated carbocycles. The first-order valence-electron chi connectivity index (χ1n) is 8.91. The smallest absolute Gasteiger partial charge is 0.340 e. The molecule has 1 heterocycles. The normalized spacial score (nSPS) is 16.7. The van der Waals surface area contributed by atoms with Crippen LogP contribution in [0.2, 0.25) is 0 Å². The third-order valence-electron chi connectivity index (χ3n) is 4.52. The summed E-state index contributed by atoms with van der Waals surface area (Å²) in [6.45, 7) is 5.00. The second-order valence-corrected chi connectivity index (χ2v) is 9.14. The molecule has 5 nitrogen and oxygen atoms in total. The number of carbonyl (C=O) groups is 1. The molecule has 0 radical (unpaired) electrons. The average Bonchev–Trinajstić information content (AvgIpc) is 2.59. The lowest BCUT2D eigenvalue weighted by atomic mass is 10.1. The molecule has 9 heteroatoms. The van der Waals surface area contributed by atoms with Crippen molar-refractivity contribution in [2.45, 2.75) is 38.6 Å². The highest BCUT2D eigenvalue weighted by atomic mass is 32.2. The molecule has 1 aliphatic heterocycles. The van der Waals surface area contributed by atoms with E-state index in [0.29, 0.717) is 25.4 Å². The van der Waals surface area contributed by atoms with Gasteiger partial charge in [0.15, 0.2) is 0 Å². The highest BCUT2D eigenvalue weighted by Gasteiger charge is 2.32. The SMILES string of the molecule is CC(C)CCC(=O)N1CCN(S(=O)(=O)Cc2cccc(C(F)(F)F)c2)CC1. The van der Waals surface area contributed by atoms with E-state index in [1.807, 2.05) is 13.8 Å². The van der Waals surface area contributed by atoms with Crippen LogP contribution in [0.5, 0.6) is 0 Å². The lowest BCUT2D eigenvalue weighted by Crippen LogP contribution is -2.50. The summed E-state index contributed by atoms with van der Waals surface area (Å²) in [6.07, 6.45) is -3.29. The first-order chi connectivity index (χ1) is 12.5. The number of nitrogens with zero attached hydrogens (tertiary/aromatic N) is 2. The Morgan fingerprint density at radius 1 is 1.15 bits per heavy atom. The third kappa shape index (κ3) is 6.21. The number of rotatable bonds is 6. The fraction of sp³-hybridized carbons (Fsp3) is 0.611. The van der Waals surface area contributed by atoms with E-state index in [4.69, 9.17) is 0 Å². The van der Waals surface area contributed by atoms with Crippen LogP contribution < -0.4 is 0 Å². The molecular weight excluding hydrogens is 381 g/mol. The number of sulfonamides is 1. The van der Waals surface area contributed by atoms with E-state index < -0.39 is 27.5 Å². The summed E-state index contributed by atoms with van der Waals surface area (Å²) in [5.74, 6) is -0.0557. The molecule has 1 aromatic rings. The second-order valence-electron chi connectivity index (χ2n) is 7.17. The summed E-state index contributed by atoms with van der Waals surface area (Å²) >= 11 is 0. The third-order valence-corrected chi connectivity index (χ3v) is 6.37. The standard InChI is InChI=1S/C18H25F3N2O3S/c1-14(2)6-7-17(24)22-8-10-23(11-9-22)27(25,26)13-15-4-3-5-16(12-15)18(19,20)21/h3-5,12,14H,6-11,13H2,1-2H3. The van der Waals surface area contributed by atoms with Crippen LogP contribution in [-0.2, 0) is 26.7 Å². The quantitative estimate of drug-likeness (QED) is 0.729. The van der Waals surface area contributed by atoms with Crippen molar-refractivity contribution in [1.82, 2.24) is 9.21 Å². The van der Waals surface area contributed by atoms with E-state index in [-0.39, 0.29) is 24.6 Å². The van der Waals surface area contributed by atoms with E-state index in [1.165, 1.54) is 16.4 Å². The summed E-state index contributed by atoms with van der Waals surface area (Å²) in [5, 5.41) is 0. The molecule has 0 spiro atoms. The molecule has 1 saturated heterocycles. The molecule has 0 aromatic heterocycles. The Morgan fingerprint density at radius 2 is 1.78 bits per heavy atom. The summed E-state index contributed by atoms with van der Waals surface area (Å²) in [5.41, 5.74) is -0.768. The Kier molecular flexibility index (Phi) is 6.91. The van der Waals surface area contributed by atoms with Crippen LogP contribution in [0.3, 0.4) is 0 Å². The second kappa shape index (κ2) is 8.60. The molecule has 152 valence electrons. The number of halogens is 3. The minimum absolute atomic E-state index is 0.0126. The van der Waals surface area contributed by atoms with Gasteiger partial charge in [-0.05, 0) is 24.0 Å². The highest BCUT2D eigenvalue weighted by molar-refractivity contribution is 7.88.